The fourth-order valence-corrected chi connectivity index (χ4v) is 2.44. The van der Waals surface area contributed by atoms with Gasteiger partial charge in [-0.05, 0) is 18.6 Å². The van der Waals surface area contributed by atoms with Gasteiger partial charge in [-0.25, -0.2) is 13.1 Å². The summed E-state index contributed by atoms with van der Waals surface area (Å²) in [6.07, 6.45) is 0.144. The van der Waals surface area contributed by atoms with Gasteiger partial charge in [-0.1, -0.05) is 25.1 Å². The van der Waals surface area contributed by atoms with Crippen LogP contribution in [-0.4, -0.2) is 14.3 Å². The first-order chi connectivity index (χ1) is 6.97. The lowest BCUT2D eigenvalue weighted by Crippen LogP contribution is -2.30. The maximum Gasteiger partial charge on any atom is 0.264 e. The maximum atomic E-state index is 11.7. The molecule has 1 rings (SSSR count). The summed E-state index contributed by atoms with van der Waals surface area (Å²) in [4.78, 5) is 11.2. The zero-order valence-electron chi connectivity index (χ0n) is 8.65. The first-order valence-electron chi connectivity index (χ1n) is 4.58. The predicted molar refractivity (Wildman–Crippen MR) is 56.8 cm³/mol. The minimum absolute atomic E-state index is 0.144. The van der Waals surface area contributed by atoms with Gasteiger partial charge in [-0.2, -0.15) is 0 Å². The molecular weight excluding hydrogens is 214 g/mol. The van der Waals surface area contributed by atoms with E-state index in [0.717, 1.165) is 0 Å². The van der Waals surface area contributed by atoms with Crippen LogP contribution in [0.25, 0.3) is 0 Å². The number of benzene rings is 1. The molecule has 0 aromatic heterocycles. The van der Waals surface area contributed by atoms with Gasteiger partial charge in [0.15, 0.2) is 0 Å². The first kappa shape index (κ1) is 11.7. The average molecular weight is 227 g/mol. The Balaban J connectivity index is 3.07. The van der Waals surface area contributed by atoms with E-state index in [9.17, 15) is 13.2 Å². The Morgan fingerprint density at radius 1 is 1.33 bits per heavy atom. The molecule has 0 heterocycles. The third-order valence-corrected chi connectivity index (χ3v) is 3.49. The van der Waals surface area contributed by atoms with E-state index in [1.807, 2.05) is 4.72 Å². The zero-order chi connectivity index (χ0) is 11.5. The molecule has 1 N–H and O–H groups in total. The van der Waals surface area contributed by atoms with Crippen LogP contribution in [0.2, 0.25) is 0 Å². The molecule has 1 amide bonds. The van der Waals surface area contributed by atoms with Crippen LogP contribution in [-0.2, 0) is 14.8 Å². The van der Waals surface area contributed by atoms with E-state index in [0.29, 0.717) is 5.56 Å². The highest BCUT2D eigenvalue weighted by Gasteiger charge is 2.17. The summed E-state index contributed by atoms with van der Waals surface area (Å²) in [5, 5.41) is 0. The Bertz CT molecular complexity index is 465. The minimum atomic E-state index is -3.70. The number of carbonyl (C=O) groups excluding carboxylic acids is 1. The monoisotopic (exact) mass is 227 g/mol. The minimum Gasteiger partial charge on any atom is -0.274 e. The second kappa shape index (κ2) is 4.44. The third kappa shape index (κ3) is 2.79. The van der Waals surface area contributed by atoms with Crippen molar-refractivity contribution in [3.63, 3.8) is 0 Å². The smallest absolute Gasteiger partial charge is 0.264 e. The van der Waals surface area contributed by atoms with Crippen molar-refractivity contribution >= 4 is 15.9 Å². The van der Waals surface area contributed by atoms with Crippen molar-refractivity contribution in [3.8, 4) is 0 Å². The molecule has 0 aliphatic rings. The topological polar surface area (TPSA) is 63.2 Å². The molecule has 0 spiro atoms. The third-order valence-electron chi connectivity index (χ3n) is 1.95. The van der Waals surface area contributed by atoms with Crippen molar-refractivity contribution < 1.29 is 13.2 Å². The summed E-state index contributed by atoms with van der Waals surface area (Å²) < 4.78 is 25.4. The van der Waals surface area contributed by atoms with E-state index >= 15 is 0 Å². The Morgan fingerprint density at radius 3 is 2.47 bits per heavy atom. The number of carbonyl (C=O) groups is 1. The fraction of sp³-hybridized carbons (Fsp3) is 0.300. The average Bonchev–Trinajstić information content (AvgIpc) is 2.17. The Morgan fingerprint density at radius 2 is 1.93 bits per heavy atom. The van der Waals surface area contributed by atoms with Gasteiger partial charge >= 0.3 is 0 Å². The molecule has 5 heteroatoms. The Labute approximate surface area is 89.4 Å². The van der Waals surface area contributed by atoms with Gasteiger partial charge < -0.3 is 0 Å². The number of rotatable bonds is 3. The van der Waals surface area contributed by atoms with E-state index < -0.39 is 15.9 Å². The summed E-state index contributed by atoms with van der Waals surface area (Å²) in [6, 6.07) is 6.53. The van der Waals surface area contributed by atoms with Crippen LogP contribution in [0.1, 0.15) is 18.9 Å². The SMILES string of the molecule is CCC(=O)NS(=O)(=O)c1ccccc1C. The van der Waals surface area contributed by atoms with Crippen molar-refractivity contribution in [2.75, 3.05) is 0 Å². The van der Waals surface area contributed by atoms with E-state index in [1.54, 1.807) is 32.0 Å². The largest absolute Gasteiger partial charge is 0.274 e. The molecule has 0 saturated heterocycles. The molecule has 82 valence electrons. The molecule has 0 aliphatic carbocycles. The van der Waals surface area contributed by atoms with Crippen molar-refractivity contribution in [1.82, 2.24) is 4.72 Å². The highest BCUT2D eigenvalue weighted by molar-refractivity contribution is 7.90. The van der Waals surface area contributed by atoms with Gasteiger partial charge in [-0.3, -0.25) is 4.79 Å². The molecule has 0 radical (unpaired) electrons. The molecular formula is C10H13NO3S. The van der Waals surface area contributed by atoms with Gasteiger partial charge in [0.05, 0.1) is 4.90 Å². The molecule has 1 aromatic rings. The number of amides is 1. The molecule has 4 nitrogen and oxygen atoms in total. The van der Waals surface area contributed by atoms with Crippen molar-refractivity contribution in [3.05, 3.63) is 29.8 Å². The van der Waals surface area contributed by atoms with E-state index in [1.165, 1.54) is 6.07 Å². The van der Waals surface area contributed by atoms with Gasteiger partial charge in [0, 0.05) is 6.42 Å². The standard InChI is InChI=1S/C10H13NO3S/c1-3-10(12)11-15(13,14)9-7-5-4-6-8(9)2/h4-7H,3H2,1-2H3,(H,11,12). The quantitative estimate of drug-likeness (QED) is 0.844. The second-order valence-corrected chi connectivity index (χ2v) is 4.80. The van der Waals surface area contributed by atoms with Crippen LogP contribution in [0.3, 0.4) is 0 Å². The normalized spacial score (nSPS) is 11.1. The van der Waals surface area contributed by atoms with Crippen LogP contribution < -0.4 is 4.72 Å². The molecule has 15 heavy (non-hydrogen) atoms. The number of sulfonamides is 1. The molecule has 0 bridgehead atoms. The first-order valence-corrected chi connectivity index (χ1v) is 6.07. The zero-order valence-corrected chi connectivity index (χ0v) is 9.47. The predicted octanol–water partition coefficient (Wildman–Crippen LogP) is 1.21. The van der Waals surface area contributed by atoms with Crippen molar-refractivity contribution in [1.29, 1.82) is 0 Å². The highest BCUT2D eigenvalue weighted by atomic mass is 32.2. The van der Waals surface area contributed by atoms with Crippen LogP contribution in [0.15, 0.2) is 29.2 Å². The fourth-order valence-electron chi connectivity index (χ4n) is 1.13. The lowest BCUT2D eigenvalue weighted by molar-refractivity contribution is -0.119. The molecule has 0 saturated carbocycles. The summed E-state index contributed by atoms with van der Waals surface area (Å²) in [5.41, 5.74) is 0.619. The van der Waals surface area contributed by atoms with E-state index in [2.05, 4.69) is 0 Å². The number of hydrogen-bond donors (Lipinski definition) is 1. The van der Waals surface area contributed by atoms with Crippen LogP contribution in [0.4, 0.5) is 0 Å². The summed E-state index contributed by atoms with van der Waals surface area (Å²) >= 11 is 0. The maximum absolute atomic E-state index is 11.7. The second-order valence-electron chi connectivity index (χ2n) is 3.15. The van der Waals surface area contributed by atoms with Crippen LogP contribution in [0.5, 0.6) is 0 Å². The molecule has 1 aromatic carbocycles. The van der Waals surface area contributed by atoms with Gasteiger partial charge in [0.1, 0.15) is 0 Å². The number of nitrogens with one attached hydrogen (secondary N) is 1. The van der Waals surface area contributed by atoms with Crippen molar-refractivity contribution in [2.45, 2.75) is 25.2 Å². The van der Waals surface area contributed by atoms with Gasteiger partial charge in [0.2, 0.25) is 5.91 Å². The van der Waals surface area contributed by atoms with Crippen LogP contribution in [0, 0.1) is 6.92 Å². The summed E-state index contributed by atoms with van der Waals surface area (Å²) in [7, 11) is -3.70. The van der Waals surface area contributed by atoms with Crippen LogP contribution >= 0.6 is 0 Å². The molecule has 0 atom stereocenters. The summed E-state index contributed by atoms with van der Waals surface area (Å²) in [6.45, 7) is 3.29. The lowest BCUT2D eigenvalue weighted by Gasteiger charge is -2.07. The highest BCUT2D eigenvalue weighted by Crippen LogP contribution is 2.13. The summed E-state index contributed by atoms with van der Waals surface area (Å²) in [5.74, 6) is -0.502. The molecule has 0 aliphatic heterocycles. The van der Waals surface area contributed by atoms with Gasteiger partial charge in [-0.15, -0.1) is 0 Å². The Hall–Kier alpha value is -1.36. The van der Waals surface area contributed by atoms with E-state index in [-0.39, 0.29) is 11.3 Å². The molecule has 0 unspecified atom stereocenters. The lowest BCUT2D eigenvalue weighted by atomic mass is 10.2. The van der Waals surface area contributed by atoms with E-state index in [4.69, 9.17) is 0 Å². The van der Waals surface area contributed by atoms with Crippen molar-refractivity contribution in [2.24, 2.45) is 0 Å². The molecule has 0 fully saturated rings. The Kier molecular flexibility index (Phi) is 3.47. The van der Waals surface area contributed by atoms with Gasteiger partial charge in [0.25, 0.3) is 10.0 Å². The number of aryl methyl sites for hydroxylation is 1. The number of hydrogen-bond acceptors (Lipinski definition) is 3.